The van der Waals surface area contributed by atoms with Crippen LogP contribution >= 0.6 is 0 Å². The van der Waals surface area contributed by atoms with Gasteiger partial charge in [0.25, 0.3) is 0 Å². The molecule has 0 saturated carbocycles. The molecule has 1 aliphatic rings. The molecule has 2 amide bonds. The van der Waals surface area contributed by atoms with Crippen LogP contribution in [0.1, 0.15) is 18.9 Å². The van der Waals surface area contributed by atoms with Gasteiger partial charge in [-0.25, -0.2) is 0 Å². The van der Waals surface area contributed by atoms with Crippen molar-refractivity contribution in [3.63, 3.8) is 0 Å². The number of anilines is 3. The summed E-state index contributed by atoms with van der Waals surface area (Å²) in [6.07, 6.45) is 1.15. The molecule has 1 unspecified atom stereocenters. The fraction of sp³-hybridized carbons (Fsp3) is 0.300. The molecule has 2 aromatic carbocycles. The molecule has 0 radical (unpaired) electrons. The van der Waals surface area contributed by atoms with Crippen LogP contribution in [0.3, 0.4) is 0 Å². The summed E-state index contributed by atoms with van der Waals surface area (Å²) in [4.78, 5) is 26.6. The first-order valence-electron chi connectivity index (χ1n) is 8.65. The highest BCUT2D eigenvalue weighted by Gasteiger charge is 2.35. The van der Waals surface area contributed by atoms with E-state index in [1.54, 1.807) is 23.1 Å². The maximum atomic E-state index is 12.5. The van der Waals surface area contributed by atoms with Gasteiger partial charge in [0.1, 0.15) is 5.75 Å². The van der Waals surface area contributed by atoms with Gasteiger partial charge in [-0.15, -0.1) is 0 Å². The maximum absolute atomic E-state index is 12.5. The van der Waals surface area contributed by atoms with E-state index in [0.717, 1.165) is 12.1 Å². The van der Waals surface area contributed by atoms with Gasteiger partial charge in [-0.2, -0.15) is 0 Å². The number of amides is 2. The number of nitrogens with two attached hydrogens (primary N) is 1. The Balaban J connectivity index is 1.67. The summed E-state index contributed by atoms with van der Waals surface area (Å²) < 4.78 is 5.11. The summed E-state index contributed by atoms with van der Waals surface area (Å²) in [5.41, 5.74) is 8.95. The maximum Gasteiger partial charge on any atom is 0.229 e. The van der Waals surface area contributed by atoms with Crippen molar-refractivity contribution >= 4 is 28.9 Å². The van der Waals surface area contributed by atoms with Crippen LogP contribution in [0.5, 0.6) is 5.75 Å². The highest BCUT2D eigenvalue weighted by molar-refractivity contribution is 6.03. The van der Waals surface area contributed by atoms with Crippen LogP contribution < -0.4 is 20.7 Å². The van der Waals surface area contributed by atoms with E-state index in [4.69, 9.17) is 10.5 Å². The van der Waals surface area contributed by atoms with Crippen LogP contribution in [0.2, 0.25) is 0 Å². The number of carbonyl (C=O) groups excluding carboxylic acids is 2. The number of hydrogen-bond donors (Lipinski definition) is 2. The third-order valence-electron chi connectivity index (χ3n) is 4.65. The second-order valence-electron chi connectivity index (χ2n) is 6.37. The molecule has 1 atom stereocenters. The Morgan fingerprint density at radius 2 is 2.00 bits per heavy atom. The Morgan fingerprint density at radius 1 is 1.27 bits per heavy atom. The van der Waals surface area contributed by atoms with Gasteiger partial charge < -0.3 is 20.7 Å². The number of nitrogen functional groups attached to an aromatic ring is 1. The quantitative estimate of drug-likeness (QED) is 0.810. The van der Waals surface area contributed by atoms with Gasteiger partial charge in [0.15, 0.2) is 0 Å². The zero-order chi connectivity index (χ0) is 18.7. The Morgan fingerprint density at radius 3 is 2.62 bits per heavy atom. The van der Waals surface area contributed by atoms with E-state index in [-0.39, 0.29) is 18.2 Å². The third-order valence-corrected chi connectivity index (χ3v) is 4.65. The molecule has 2 aromatic rings. The van der Waals surface area contributed by atoms with Gasteiger partial charge in [-0.05, 0) is 42.3 Å². The minimum absolute atomic E-state index is 0.0383. The SMILES string of the molecule is CCc1ccc(N2CC(C(=O)Nc3ccc(OC)c(N)c3)CC2=O)cc1. The average Bonchev–Trinajstić information content (AvgIpc) is 3.04. The summed E-state index contributed by atoms with van der Waals surface area (Å²) in [5, 5.41) is 2.83. The number of aryl methyl sites for hydroxylation is 1. The molecule has 6 nitrogen and oxygen atoms in total. The van der Waals surface area contributed by atoms with E-state index in [1.165, 1.54) is 12.7 Å². The van der Waals surface area contributed by atoms with Crippen LogP contribution in [0.15, 0.2) is 42.5 Å². The smallest absolute Gasteiger partial charge is 0.229 e. The third kappa shape index (κ3) is 3.64. The predicted octanol–water partition coefficient (Wildman–Crippen LogP) is 2.83. The van der Waals surface area contributed by atoms with Crippen LogP contribution in [0, 0.1) is 5.92 Å². The Kier molecular flexibility index (Phi) is 5.11. The van der Waals surface area contributed by atoms with Crippen molar-refractivity contribution in [1.29, 1.82) is 0 Å². The fourth-order valence-electron chi connectivity index (χ4n) is 3.10. The molecule has 3 rings (SSSR count). The lowest BCUT2D eigenvalue weighted by Crippen LogP contribution is -2.28. The summed E-state index contributed by atoms with van der Waals surface area (Å²) in [5.74, 6) is -0.0586. The molecule has 26 heavy (non-hydrogen) atoms. The van der Waals surface area contributed by atoms with Gasteiger partial charge in [-0.3, -0.25) is 9.59 Å². The van der Waals surface area contributed by atoms with Crippen molar-refractivity contribution in [2.24, 2.45) is 5.92 Å². The summed E-state index contributed by atoms with van der Waals surface area (Å²) in [7, 11) is 1.54. The molecule has 0 aromatic heterocycles. The number of ether oxygens (including phenoxy) is 1. The number of nitrogens with zero attached hydrogens (tertiary/aromatic N) is 1. The molecule has 0 bridgehead atoms. The second kappa shape index (κ2) is 7.47. The van der Waals surface area contributed by atoms with E-state index < -0.39 is 5.92 Å². The molecule has 3 N–H and O–H groups in total. The van der Waals surface area contributed by atoms with Crippen LogP contribution in [0.25, 0.3) is 0 Å². The molecule has 136 valence electrons. The van der Waals surface area contributed by atoms with Gasteiger partial charge in [0.2, 0.25) is 11.8 Å². The summed E-state index contributed by atoms with van der Waals surface area (Å²) in [6.45, 7) is 2.46. The monoisotopic (exact) mass is 353 g/mol. The van der Waals surface area contributed by atoms with Crippen molar-refractivity contribution < 1.29 is 14.3 Å². The van der Waals surface area contributed by atoms with E-state index in [0.29, 0.717) is 23.7 Å². The lowest BCUT2D eigenvalue weighted by atomic mass is 10.1. The fourth-order valence-corrected chi connectivity index (χ4v) is 3.10. The highest BCUT2D eigenvalue weighted by atomic mass is 16.5. The molecular formula is C20H23N3O3. The number of benzene rings is 2. The van der Waals surface area contributed by atoms with E-state index in [2.05, 4.69) is 12.2 Å². The lowest BCUT2D eigenvalue weighted by molar-refractivity contribution is -0.122. The number of methoxy groups -OCH3 is 1. The Labute approximate surface area is 152 Å². The molecule has 1 heterocycles. The van der Waals surface area contributed by atoms with Crippen molar-refractivity contribution in [2.45, 2.75) is 19.8 Å². The zero-order valence-electron chi connectivity index (χ0n) is 15.0. The number of hydrogen-bond acceptors (Lipinski definition) is 4. The summed E-state index contributed by atoms with van der Waals surface area (Å²) >= 11 is 0. The minimum Gasteiger partial charge on any atom is -0.495 e. The van der Waals surface area contributed by atoms with E-state index in [9.17, 15) is 9.59 Å². The van der Waals surface area contributed by atoms with Crippen LogP contribution in [-0.2, 0) is 16.0 Å². The molecule has 1 aliphatic heterocycles. The Hall–Kier alpha value is -3.02. The van der Waals surface area contributed by atoms with E-state index >= 15 is 0 Å². The first kappa shape index (κ1) is 17.8. The molecular weight excluding hydrogens is 330 g/mol. The minimum atomic E-state index is -0.392. The topological polar surface area (TPSA) is 84.7 Å². The van der Waals surface area contributed by atoms with Gasteiger partial charge in [0.05, 0.1) is 18.7 Å². The van der Waals surface area contributed by atoms with Gasteiger partial charge in [0, 0.05) is 24.3 Å². The van der Waals surface area contributed by atoms with E-state index in [1.807, 2.05) is 24.3 Å². The zero-order valence-corrected chi connectivity index (χ0v) is 15.0. The predicted molar refractivity (Wildman–Crippen MR) is 102 cm³/mol. The van der Waals surface area contributed by atoms with Crippen LogP contribution in [-0.4, -0.2) is 25.5 Å². The molecule has 0 spiro atoms. The van der Waals surface area contributed by atoms with Crippen molar-refractivity contribution in [3.05, 3.63) is 48.0 Å². The van der Waals surface area contributed by atoms with Crippen LogP contribution in [0.4, 0.5) is 17.1 Å². The molecule has 1 saturated heterocycles. The Bertz CT molecular complexity index is 818. The van der Waals surface area contributed by atoms with Crippen molar-refractivity contribution in [2.75, 3.05) is 29.6 Å². The number of nitrogens with one attached hydrogen (secondary N) is 1. The van der Waals surface area contributed by atoms with Crippen molar-refractivity contribution in [3.8, 4) is 5.75 Å². The molecule has 1 fully saturated rings. The first-order valence-corrected chi connectivity index (χ1v) is 8.65. The molecule has 6 heteroatoms. The average molecular weight is 353 g/mol. The highest BCUT2D eigenvalue weighted by Crippen LogP contribution is 2.28. The van der Waals surface area contributed by atoms with Gasteiger partial charge in [-0.1, -0.05) is 19.1 Å². The standard InChI is InChI=1S/C20H23N3O3/c1-3-13-4-7-16(8-5-13)23-12-14(10-19(23)24)20(25)22-15-6-9-18(26-2)17(21)11-15/h4-9,11,14H,3,10,12,21H2,1-2H3,(H,22,25). The lowest BCUT2D eigenvalue weighted by Gasteiger charge is -2.17. The van der Waals surface area contributed by atoms with Gasteiger partial charge >= 0.3 is 0 Å². The largest absolute Gasteiger partial charge is 0.495 e. The first-order chi connectivity index (χ1) is 12.5. The number of rotatable bonds is 5. The molecule has 0 aliphatic carbocycles. The second-order valence-corrected chi connectivity index (χ2v) is 6.37. The number of carbonyl (C=O) groups is 2. The summed E-state index contributed by atoms with van der Waals surface area (Å²) in [6, 6.07) is 13.0. The normalized spacial score (nSPS) is 16.6. The van der Waals surface area contributed by atoms with Crippen molar-refractivity contribution in [1.82, 2.24) is 0 Å².